The molecular formula is C25H41NO3. The molecule has 0 atom stereocenters. The van der Waals surface area contributed by atoms with Crippen molar-refractivity contribution in [3.63, 3.8) is 0 Å². The van der Waals surface area contributed by atoms with E-state index in [0.717, 1.165) is 12.8 Å². The van der Waals surface area contributed by atoms with Crippen molar-refractivity contribution in [1.29, 1.82) is 0 Å². The Hall–Kier alpha value is -1.84. The Morgan fingerprint density at radius 3 is 1.62 bits per heavy atom. The molecule has 1 rings (SSSR count). The van der Waals surface area contributed by atoms with Crippen molar-refractivity contribution in [2.45, 2.75) is 110 Å². The summed E-state index contributed by atoms with van der Waals surface area (Å²) in [5, 5.41) is 0. The fraction of sp³-hybridized carbons (Fsp3) is 0.680. The first-order valence-electron chi connectivity index (χ1n) is 11.8. The molecule has 29 heavy (non-hydrogen) atoms. The second-order valence-corrected chi connectivity index (χ2v) is 7.98. The van der Waals surface area contributed by atoms with E-state index in [1.54, 1.807) is 24.3 Å². The van der Waals surface area contributed by atoms with Gasteiger partial charge in [0.25, 0.3) is 5.91 Å². The monoisotopic (exact) mass is 403 g/mol. The number of unbranched alkanes of at least 4 members (excludes halogenated alkanes) is 14. The van der Waals surface area contributed by atoms with Crippen LogP contribution in [0.25, 0.3) is 0 Å². The van der Waals surface area contributed by atoms with Gasteiger partial charge >= 0.3 is 5.97 Å². The van der Waals surface area contributed by atoms with Gasteiger partial charge in [-0.25, -0.2) is 4.79 Å². The molecule has 4 heteroatoms. The van der Waals surface area contributed by atoms with E-state index >= 15 is 0 Å². The van der Waals surface area contributed by atoms with Gasteiger partial charge in [-0.15, -0.1) is 0 Å². The molecule has 1 aromatic carbocycles. The lowest BCUT2D eigenvalue weighted by Gasteiger charge is -2.06. The molecule has 1 aromatic rings. The minimum atomic E-state index is -0.532. The quantitative estimate of drug-likeness (QED) is 0.222. The highest BCUT2D eigenvalue weighted by Gasteiger charge is 2.08. The molecule has 0 radical (unpaired) electrons. The number of rotatable bonds is 17. The maximum absolute atomic E-state index is 11.7. The van der Waals surface area contributed by atoms with Crippen LogP contribution >= 0.6 is 0 Å². The van der Waals surface area contributed by atoms with E-state index in [1.165, 1.54) is 83.5 Å². The Morgan fingerprint density at radius 2 is 1.14 bits per heavy atom. The lowest BCUT2D eigenvalue weighted by Crippen LogP contribution is -2.26. The number of benzene rings is 1. The summed E-state index contributed by atoms with van der Waals surface area (Å²) in [5.41, 5.74) is 2.67. The van der Waals surface area contributed by atoms with Gasteiger partial charge in [-0.3, -0.25) is 4.79 Å². The van der Waals surface area contributed by atoms with E-state index in [-0.39, 0.29) is 5.91 Å². The summed E-state index contributed by atoms with van der Waals surface area (Å²) in [5.74, 6) is -0.764. The Morgan fingerprint density at radius 1 is 0.690 bits per heavy atom. The predicted octanol–water partition coefficient (Wildman–Crippen LogP) is 7.14. The highest BCUT2D eigenvalue weighted by Crippen LogP contribution is 2.13. The van der Waals surface area contributed by atoms with E-state index in [1.807, 2.05) is 6.07 Å². The number of hydrogen-bond donors (Lipinski definition) is 1. The van der Waals surface area contributed by atoms with Gasteiger partial charge in [-0.2, -0.15) is 5.48 Å². The van der Waals surface area contributed by atoms with Gasteiger partial charge in [0, 0.05) is 6.42 Å². The minimum absolute atomic E-state index is 0.232. The topological polar surface area (TPSA) is 55.4 Å². The number of hydroxylamine groups is 1. The first-order chi connectivity index (χ1) is 14.2. The van der Waals surface area contributed by atoms with Crippen molar-refractivity contribution in [3.8, 4) is 0 Å². The zero-order valence-corrected chi connectivity index (χ0v) is 18.4. The van der Waals surface area contributed by atoms with Crippen molar-refractivity contribution in [1.82, 2.24) is 5.48 Å². The SMILES string of the molecule is CCCCCCCCCCCCCCCCCC(=O)NOC(=O)c1ccccc1. The summed E-state index contributed by atoms with van der Waals surface area (Å²) in [7, 11) is 0. The number of nitrogens with one attached hydrogen (secondary N) is 1. The highest BCUT2D eigenvalue weighted by molar-refractivity contribution is 5.90. The van der Waals surface area contributed by atoms with E-state index in [0.29, 0.717) is 12.0 Å². The summed E-state index contributed by atoms with van der Waals surface area (Å²) in [6, 6.07) is 8.65. The zero-order valence-electron chi connectivity index (χ0n) is 18.4. The third-order valence-corrected chi connectivity index (χ3v) is 5.27. The molecular weight excluding hydrogens is 362 g/mol. The molecule has 4 nitrogen and oxygen atoms in total. The van der Waals surface area contributed by atoms with Crippen molar-refractivity contribution in [2.75, 3.05) is 0 Å². The molecule has 0 unspecified atom stereocenters. The van der Waals surface area contributed by atoms with Crippen LogP contribution in [-0.2, 0) is 9.63 Å². The summed E-state index contributed by atoms with van der Waals surface area (Å²) >= 11 is 0. The molecule has 0 aliphatic carbocycles. The van der Waals surface area contributed by atoms with Crippen molar-refractivity contribution < 1.29 is 14.4 Å². The van der Waals surface area contributed by atoms with Gasteiger partial charge < -0.3 is 4.84 Å². The first kappa shape index (κ1) is 25.2. The van der Waals surface area contributed by atoms with Gasteiger partial charge in [-0.1, -0.05) is 115 Å². The van der Waals surface area contributed by atoms with Gasteiger partial charge in [-0.05, 0) is 18.6 Å². The third kappa shape index (κ3) is 14.8. The van der Waals surface area contributed by atoms with E-state index in [4.69, 9.17) is 4.84 Å². The molecule has 0 saturated heterocycles. The minimum Gasteiger partial charge on any atom is -0.335 e. The smallest absolute Gasteiger partial charge is 0.335 e. The molecule has 1 N–H and O–H groups in total. The number of carbonyl (C=O) groups excluding carboxylic acids is 2. The second kappa shape index (κ2) is 18.2. The van der Waals surface area contributed by atoms with E-state index in [9.17, 15) is 9.59 Å². The Kier molecular flexibility index (Phi) is 15.8. The molecule has 0 bridgehead atoms. The number of carbonyl (C=O) groups is 2. The maximum atomic E-state index is 11.7. The van der Waals surface area contributed by atoms with Gasteiger partial charge in [0.1, 0.15) is 0 Å². The van der Waals surface area contributed by atoms with Crippen molar-refractivity contribution in [2.24, 2.45) is 0 Å². The van der Waals surface area contributed by atoms with Crippen molar-refractivity contribution >= 4 is 11.9 Å². The van der Waals surface area contributed by atoms with Crippen LogP contribution in [0.1, 0.15) is 120 Å². The van der Waals surface area contributed by atoms with Gasteiger partial charge in [0.05, 0.1) is 5.56 Å². The van der Waals surface area contributed by atoms with E-state index < -0.39 is 5.97 Å². The molecule has 0 fully saturated rings. The maximum Gasteiger partial charge on any atom is 0.362 e. The summed E-state index contributed by atoms with van der Waals surface area (Å²) < 4.78 is 0. The van der Waals surface area contributed by atoms with Crippen LogP contribution in [0.3, 0.4) is 0 Å². The van der Waals surface area contributed by atoms with Crippen LogP contribution < -0.4 is 5.48 Å². The number of amides is 1. The molecule has 0 aliphatic heterocycles. The normalized spacial score (nSPS) is 10.7. The summed E-state index contributed by atoms with van der Waals surface area (Å²) in [6.07, 6.45) is 19.9. The molecule has 0 aliphatic rings. The molecule has 0 saturated carbocycles. The molecule has 0 aromatic heterocycles. The average Bonchev–Trinajstić information content (AvgIpc) is 2.75. The zero-order chi connectivity index (χ0) is 21.0. The Bertz CT molecular complexity index is 530. The lowest BCUT2D eigenvalue weighted by atomic mass is 10.0. The largest absolute Gasteiger partial charge is 0.362 e. The van der Waals surface area contributed by atoms with Gasteiger partial charge in [0.15, 0.2) is 0 Å². The van der Waals surface area contributed by atoms with Crippen LogP contribution in [0.15, 0.2) is 30.3 Å². The summed E-state index contributed by atoms with van der Waals surface area (Å²) in [4.78, 5) is 28.3. The van der Waals surface area contributed by atoms with E-state index in [2.05, 4.69) is 12.4 Å². The fourth-order valence-corrected chi connectivity index (χ4v) is 3.44. The Labute approximate surface area is 177 Å². The van der Waals surface area contributed by atoms with Crippen LogP contribution in [0, 0.1) is 0 Å². The van der Waals surface area contributed by atoms with Gasteiger partial charge in [0.2, 0.25) is 0 Å². The fourth-order valence-electron chi connectivity index (χ4n) is 3.44. The standard InChI is InChI=1S/C25H41NO3/c1-2-3-4-5-6-7-8-9-10-11-12-13-14-15-19-22-24(27)26-29-25(28)23-20-17-16-18-21-23/h16-18,20-21H,2-15,19,22H2,1H3,(H,26,27). The number of hydrogen-bond acceptors (Lipinski definition) is 3. The molecule has 1 amide bonds. The predicted molar refractivity (Wildman–Crippen MR) is 120 cm³/mol. The first-order valence-corrected chi connectivity index (χ1v) is 11.8. The average molecular weight is 404 g/mol. The van der Waals surface area contributed by atoms with Crippen LogP contribution in [-0.4, -0.2) is 11.9 Å². The van der Waals surface area contributed by atoms with Crippen LogP contribution in [0.4, 0.5) is 0 Å². The van der Waals surface area contributed by atoms with Crippen molar-refractivity contribution in [3.05, 3.63) is 35.9 Å². The summed E-state index contributed by atoms with van der Waals surface area (Å²) in [6.45, 7) is 2.27. The van der Waals surface area contributed by atoms with Crippen LogP contribution in [0.2, 0.25) is 0 Å². The molecule has 0 spiro atoms. The third-order valence-electron chi connectivity index (χ3n) is 5.27. The molecule has 164 valence electrons. The second-order valence-electron chi connectivity index (χ2n) is 7.98. The van der Waals surface area contributed by atoms with Crippen LogP contribution in [0.5, 0.6) is 0 Å². The lowest BCUT2D eigenvalue weighted by molar-refractivity contribution is -0.130. The Balaban J connectivity index is 1.82. The highest BCUT2D eigenvalue weighted by atomic mass is 16.7. The molecule has 0 heterocycles.